The molecule has 0 saturated carbocycles. The van der Waals surface area contributed by atoms with E-state index < -0.39 is 0 Å². The van der Waals surface area contributed by atoms with Crippen molar-refractivity contribution in [3.8, 4) is 22.4 Å². The molecule has 5 heteroatoms. The Morgan fingerprint density at radius 1 is 1.08 bits per heavy atom. The van der Waals surface area contributed by atoms with Crippen LogP contribution < -0.4 is 0 Å². The van der Waals surface area contributed by atoms with E-state index in [0.717, 1.165) is 22.3 Å². The number of benzene rings is 1. The van der Waals surface area contributed by atoms with Crippen LogP contribution in [0.2, 0.25) is 0 Å². The molecule has 0 unspecified atom stereocenters. The third-order valence-electron chi connectivity index (χ3n) is 3.87. The van der Waals surface area contributed by atoms with E-state index in [-0.39, 0.29) is 5.82 Å². The van der Waals surface area contributed by atoms with Crippen LogP contribution in [0.15, 0.2) is 65.7 Å². The van der Waals surface area contributed by atoms with Crippen molar-refractivity contribution in [1.29, 1.82) is 0 Å². The fourth-order valence-electron chi connectivity index (χ4n) is 2.80. The van der Waals surface area contributed by atoms with Crippen molar-refractivity contribution < 1.29 is 4.39 Å². The summed E-state index contributed by atoms with van der Waals surface area (Å²) < 4.78 is 16.9. The van der Waals surface area contributed by atoms with Gasteiger partial charge in [0, 0.05) is 46.0 Å². The predicted molar refractivity (Wildman–Crippen MR) is 96.3 cm³/mol. The predicted octanol–water partition coefficient (Wildman–Crippen LogP) is 5.27. The Morgan fingerprint density at radius 2 is 1.96 bits per heavy atom. The summed E-state index contributed by atoms with van der Waals surface area (Å²) in [4.78, 5) is 8.85. The zero-order valence-electron chi connectivity index (χ0n) is 12.9. The van der Waals surface area contributed by atoms with E-state index >= 15 is 0 Å². The zero-order valence-corrected chi connectivity index (χ0v) is 14.5. The molecule has 0 aliphatic rings. The van der Waals surface area contributed by atoms with Gasteiger partial charge in [-0.15, -0.1) is 0 Å². The number of nitrogens with zero attached hydrogens (tertiary/aromatic N) is 3. The molecule has 0 atom stereocenters. The number of aromatic nitrogens is 3. The van der Waals surface area contributed by atoms with E-state index in [1.54, 1.807) is 12.3 Å². The number of aryl methyl sites for hydroxylation is 1. The highest BCUT2D eigenvalue weighted by Gasteiger charge is 2.13. The van der Waals surface area contributed by atoms with Crippen LogP contribution in [0, 0.1) is 12.7 Å². The Hall–Kier alpha value is -2.53. The molecule has 118 valence electrons. The molecule has 0 aliphatic heterocycles. The fourth-order valence-corrected chi connectivity index (χ4v) is 3.13. The fraction of sp³-hybridized carbons (Fsp3) is 0.0526. The number of hydrogen-bond acceptors (Lipinski definition) is 2. The van der Waals surface area contributed by atoms with Crippen LogP contribution in [0.4, 0.5) is 4.39 Å². The minimum absolute atomic E-state index is 0.299. The quantitative estimate of drug-likeness (QED) is 0.473. The van der Waals surface area contributed by atoms with Gasteiger partial charge in [0.15, 0.2) is 0 Å². The summed E-state index contributed by atoms with van der Waals surface area (Å²) in [5.74, 6) is -0.299. The Labute approximate surface area is 147 Å². The maximum Gasteiger partial charge on any atom is 0.145 e. The van der Waals surface area contributed by atoms with Gasteiger partial charge in [0.2, 0.25) is 0 Å². The molecule has 3 nitrogen and oxygen atoms in total. The Kier molecular flexibility index (Phi) is 3.65. The van der Waals surface area contributed by atoms with Crippen LogP contribution in [0.25, 0.3) is 28.0 Å². The molecule has 0 aliphatic carbocycles. The van der Waals surface area contributed by atoms with Crippen molar-refractivity contribution in [3.05, 3.63) is 77.0 Å². The maximum atomic E-state index is 14.3. The van der Waals surface area contributed by atoms with Gasteiger partial charge in [-0.1, -0.05) is 22.0 Å². The van der Waals surface area contributed by atoms with Gasteiger partial charge < -0.3 is 4.40 Å². The highest BCUT2D eigenvalue weighted by atomic mass is 79.9. The van der Waals surface area contributed by atoms with Gasteiger partial charge >= 0.3 is 0 Å². The van der Waals surface area contributed by atoms with Crippen molar-refractivity contribution in [2.45, 2.75) is 6.92 Å². The van der Waals surface area contributed by atoms with E-state index in [0.29, 0.717) is 15.7 Å². The Bertz CT molecular complexity index is 1040. The van der Waals surface area contributed by atoms with Crippen molar-refractivity contribution in [1.82, 2.24) is 14.4 Å². The summed E-state index contributed by atoms with van der Waals surface area (Å²) in [6.45, 7) is 2.03. The number of hydrogen-bond donors (Lipinski definition) is 0. The lowest BCUT2D eigenvalue weighted by atomic mass is 10.1. The molecule has 1 aromatic carbocycles. The first-order valence-corrected chi connectivity index (χ1v) is 8.26. The van der Waals surface area contributed by atoms with Gasteiger partial charge in [0.05, 0.1) is 5.69 Å². The number of pyridine rings is 2. The second-order valence-corrected chi connectivity index (χ2v) is 6.57. The normalized spacial score (nSPS) is 11.1. The molecular formula is C19H13BrFN3. The Balaban J connectivity index is 1.95. The molecule has 0 N–H and O–H groups in total. The van der Waals surface area contributed by atoms with Gasteiger partial charge in [-0.2, -0.15) is 0 Å². The third-order valence-corrected chi connectivity index (χ3v) is 4.36. The smallest absolute Gasteiger partial charge is 0.145 e. The molecule has 4 rings (SSSR count). The van der Waals surface area contributed by atoms with E-state index in [1.807, 2.05) is 48.1 Å². The SMILES string of the molecule is Cc1cc(-c2cccnc2)c2nc(-c3ccc(Br)cc3F)cn2c1. The standard InChI is InChI=1S/C19H13BrFN3/c1-12-7-16(13-3-2-6-22-9-13)19-23-18(11-24(19)10-12)15-5-4-14(20)8-17(15)21/h2-11H,1H3. The molecule has 0 spiro atoms. The molecule has 0 fully saturated rings. The number of halogens is 2. The van der Waals surface area contributed by atoms with Gasteiger partial charge in [-0.3, -0.25) is 4.98 Å². The van der Waals surface area contributed by atoms with Crippen molar-refractivity contribution in [2.24, 2.45) is 0 Å². The summed E-state index contributed by atoms with van der Waals surface area (Å²) in [7, 11) is 0. The summed E-state index contributed by atoms with van der Waals surface area (Å²) in [5.41, 5.74) is 4.94. The molecule has 3 aromatic heterocycles. The van der Waals surface area contributed by atoms with Gasteiger partial charge in [-0.25, -0.2) is 9.37 Å². The van der Waals surface area contributed by atoms with Crippen LogP contribution in [0.5, 0.6) is 0 Å². The highest BCUT2D eigenvalue weighted by Crippen LogP contribution is 2.29. The van der Waals surface area contributed by atoms with E-state index in [9.17, 15) is 4.39 Å². The lowest BCUT2D eigenvalue weighted by molar-refractivity contribution is 0.630. The second kappa shape index (κ2) is 5.83. The van der Waals surface area contributed by atoms with Crippen LogP contribution in [-0.4, -0.2) is 14.4 Å². The summed E-state index contributed by atoms with van der Waals surface area (Å²) in [6.07, 6.45) is 7.39. The Morgan fingerprint density at radius 3 is 2.71 bits per heavy atom. The third kappa shape index (κ3) is 2.61. The van der Waals surface area contributed by atoms with Crippen LogP contribution >= 0.6 is 15.9 Å². The minimum Gasteiger partial charge on any atom is -0.306 e. The second-order valence-electron chi connectivity index (χ2n) is 5.65. The minimum atomic E-state index is -0.299. The lowest BCUT2D eigenvalue weighted by Gasteiger charge is -2.05. The first-order valence-electron chi connectivity index (χ1n) is 7.47. The van der Waals surface area contributed by atoms with E-state index in [2.05, 4.69) is 32.0 Å². The molecule has 3 heterocycles. The van der Waals surface area contributed by atoms with Crippen molar-refractivity contribution in [2.75, 3.05) is 0 Å². The van der Waals surface area contributed by atoms with Gasteiger partial charge in [0.1, 0.15) is 11.5 Å². The molecule has 0 saturated heterocycles. The maximum absolute atomic E-state index is 14.3. The summed E-state index contributed by atoms with van der Waals surface area (Å²) in [6, 6.07) is 11.0. The molecular weight excluding hydrogens is 369 g/mol. The van der Waals surface area contributed by atoms with Crippen molar-refractivity contribution in [3.63, 3.8) is 0 Å². The summed E-state index contributed by atoms with van der Waals surface area (Å²) >= 11 is 3.28. The molecule has 0 bridgehead atoms. The highest BCUT2D eigenvalue weighted by molar-refractivity contribution is 9.10. The van der Waals surface area contributed by atoms with E-state index in [1.165, 1.54) is 6.07 Å². The molecule has 0 radical (unpaired) electrons. The van der Waals surface area contributed by atoms with Gasteiger partial charge in [-0.05, 0) is 42.8 Å². The topological polar surface area (TPSA) is 30.2 Å². The first kappa shape index (κ1) is 15.0. The van der Waals surface area contributed by atoms with Gasteiger partial charge in [0.25, 0.3) is 0 Å². The number of imidazole rings is 1. The molecule has 24 heavy (non-hydrogen) atoms. The van der Waals surface area contributed by atoms with Crippen LogP contribution in [-0.2, 0) is 0 Å². The van der Waals surface area contributed by atoms with E-state index in [4.69, 9.17) is 0 Å². The largest absolute Gasteiger partial charge is 0.306 e. The zero-order chi connectivity index (χ0) is 16.7. The molecule has 0 amide bonds. The first-order chi connectivity index (χ1) is 11.6. The lowest BCUT2D eigenvalue weighted by Crippen LogP contribution is -1.90. The molecule has 4 aromatic rings. The average Bonchev–Trinajstić information content (AvgIpc) is 2.98. The number of fused-ring (bicyclic) bond motifs is 1. The van der Waals surface area contributed by atoms with Crippen LogP contribution in [0.3, 0.4) is 0 Å². The summed E-state index contributed by atoms with van der Waals surface area (Å²) in [5, 5.41) is 0. The van der Waals surface area contributed by atoms with Crippen molar-refractivity contribution >= 4 is 21.6 Å². The number of rotatable bonds is 2. The van der Waals surface area contributed by atoms with Crippen LogP contribution in [0.1, 0.15) is 5.56 Å². The average molecular weight is 382 g/mol. The monoisotopic (exact) mass is 381 g/mol.